The predicted octanol–water partition coefficient (Wildman–Crippen LogP) is 2.64. The molecule has 0 saturated heterocycles. The van der Waals surface area contributed by atoms with Gasteiger partial charge in [-0.15, -0.1) is 0 Å². The van der Waals surface area contributed by atoms with E-state index in [1.807, 2.05) is 0 Å². The van der Waals surface area contributed by atoms with Crippen LogP contribution in [0.3, 0.4) is 0 Å². The van der Waals surface area contributed by atoms with Crippen LogP contribution < -0.4 is 5.32 Å². The summed E-state index contributed by atoms with van der Waals surface area (Å²) in [7, 11) is 2.24. The van der Waals surface area contributed by atoms with Crippen LogP contribution in [0.4, 0.5) is 0 Å². The molecule has 0 unspecified atom stereocenters. The fraction of sp³-hybridized carbons (Fsp3) is 1.00. The summed E-state index contributed by atoms with van der Waals surface area (Å²) in [5.41, 5.74) is 0.345. The van der Waals surface area contributed by atoms with Crippen molar-refractivity contribution in [2.75, 3.05) is 20.1 Å². The van der Waals surface area contributed by atoms with Crippen molar-refractivity contribution in [1.29, 1.82) is 0 Å². The van der Waals surface area contributed by atoms with Crippen LogP contribution in [0.25, 0.3) is 0 Å². The first-order valence-electron chi connectivity index (χ1n) is 6.51. The van der Waals surface area contributed by atoms with Crippen molar-refractivity contribution >= 4 is 0 Å². The molecule has 1 rings (SSSR count). The van der Waals surface area contributed by atoms with Gasteiger partial charge in [0.05, 0.1) is 0 Å². The van der Waals surface area contributed by atoms with Gasteiger partial charge in [-0.3, -0.25) is 4.90 Å². The summed E-state index contributed by atoms with van der Waals surface area (Å²) in [6.45, 7) is 9.22. The summed E-state index contributed by atoms with van der Waals surface area (Å²) < 4.78 is 0. The SMILES string of the molecule is CCC(C)(C)N(C)CCNC1CCCC1. The maximum Gasteiger partial charge on any atom is 0.0148 e. The number of rotatable bonds is 6. The zero-order valence-electron chi connectivity index (χ0n) is 11.0. The summed E-state index contributed by atoms with van der Waals surface area (Å²) in [4.78, 5) is 2.47. The van der Waals surface area contributed by atoms with E-state index in [9.17, 15) is 0 Å². The lowest BCUT2D eigenvalue weighted by Gasteiger charge is -2.35. The third kappa shape index (κ3) is 4.12. The maximum absolute atomic E-state index is 3.67. The zero-order chi connectivity index (χ0) is 11.3. The molecule has 0 aromatic rings. The Balaban J connectivity index is 2.13. The van der Waals surface area contributed by atoms with Crippen LogP contribution in [0.5, 0.6) is 0 Å². The van der Waals surface area contributed by atoms with E-state index in [1.165, 1.54) is 32.1 Å². The smallest absolute Gasteiger partial charge is 0.0148 e. The van der Waals surface area contributed by atoms with Crippen molar-refractivity contribution in [2.24, 2.45) is 0 Å². The van der Waals surface area contributed by atoms with Crippen molar-refractivity contribution in [2.45, 2.75) is 64.5 Å². The molecule has 2 nitrogen and oxygen atoms in total. The second-order valence-corrected chi connectivity index (χ2v) is 5.52. The fourth-order valence-electron chi connectivity index (χ4n) is 2.14. The average molecular weight is 212 g/mol. The Morgan fingerprint density at radius 1 is 1.27 bits per heavy atom. The van der Waals surface area contributed by atoms with Crippen molar-refractivity contribution < 1.29 is 0 Å². The Hall–Kier alpha value is -0.0800. The minimum absolute atomic E-state index is 0.345. The molecule has 0 bridgehead atoms. The largest absolute Gasteiger partial charge is 0.313 e. The van der Waals surface area contributed by atoms with E-state index in [-0.39, 0.29) is 0 Å². The topological polar surface area (TPSA) is 15.3 Å². The fourth-order valence-corrected chi connectivity index (χ4v) is 2.14. The molecule has 0 aromatic heterocycles. The molecule has 0 spiro atoms. The summed E-state index contributed by atoms with van der Waals surface area (Å²) in [6, 6.07) is 0.808. The molecule has 1 N–H and O–H groups in total. The van der Waals surface area contributed by atoms with Gasteiger partial charge in [0.25, 0.3) is 0 Å². The van der Waals surface area contributed by atoms with Gasteiger partial charge < -0.3 is 5.32 Å². The third-order valence-electron chi connectivity index (χ3n) is 4.13. The van der Waals surface area contributed by atoms with E-state index < -0.39 is 0 Å². The molecule has 1 aliphatic carbocycles. The summed E-state index contributed by atoms with van der Waals surface area (Å²) in [5, 5.41) is 3.67. The van der Waals surface area contributed by atoms with E-state index in [0.29, 0.717) is 5.54 Å². The number of hydrogen-bond donors (Lipinski definition) is 1. The van der Waals surface area contributed by atoms with E-state index in [4.69, 9.17) is 0 Å². The molecule has 0 aliphatic heterocycles. The van der Waals surface area contributed by atoms with Crippen molar-refractivity contribution in [3.05, 3.63) is 0 Å². The second kappa shape index (κ2) is 5.86. The molecular weight excluding hydrogens is 184 g/mol. The third-order valence-corrected chi connectivity index (χ3v) is 4.13. The predicted molar refractivity (Wildman–Crippen MR) is 67.3 cm³/mol. The van der Waals surface area contributed by atoms with E-state index >= 15 is 0 Å². The Labute approximate surface area is 95.4 Å². The van der Waals surface area contributed by atoms with E-state index in [2.05, 4.69) is 38.0 Å². The Morgan fingerprint density at radius 2 is 1.87 bits per heavy atom. The average Bonchev–Trinajstić information content (AvgIpc) is 2.70. The molecule has 0 atom stereocenters. The minimum Gasteiger partial charge on any atom is -0.313 e. The van der Waals surface area contributed by atoms with E-state index in [1.54, 1.807) is 0 Å². The maximum atomic E-state index is 3.67. The van der Waals surface area contributed by atoms with Gasteiger partial charge >= 0.3 is 0 Å². The van der Waals surface area contributed by atoms with Crippen LogP contribution in [0.15, 0.2) is 0 Å². The number of nitrogens with zero attached hydrogens (tertiary/aromatic N) is 1. The Kier molecular flexibility index (Phi) is 5.07. The molecular formula is C13H28N2. The molecule has 0 radical (unpaired) electrons. The zero-order valence-corrected chi connectivity index (χ0v) is 11.0. The molecule has 1 fully saturated rings. The highest BCUT2D eigenvalue weighted by Gasteiger charge is 2.21. The van der Waals surface area contributed by atoms with Crippen LogP contribution in [-0.2, 0) is 0 Å². The van der Waals surface area contributed by atoms with E-state index in [0.717, 1.165) is 19.1 Å². The molecule has 1 saturated carbocycles. The van der Waals surface area contributed by atoms with Gasteiger partial charge in [0.2, 0.25) is 0 Å². The van der Waals surface area contributed by atoms with Gasteiger partial charge in [0, 0.05) is 24.7 Å². The minimum atomic E-state index is 0.345. The Bertz CT molecular complexity index is 171. The summed E-state index contributed by atoms with van der Waals surface area (Å²) in [6.07, 6.45) is 6.84. The van der Waals surface area contributed by atoms with Gasteiger partial charge in [-0.25, -0.2) is 0 Å². The summed E-state index contributed by atoms with van der Waals surface area (Å²) >= 11 is 0. The highest BCUT2D eigenvalue weighted by Crippen LogP contribution is 2.18. The quantitative estimate of drug-likeness (QED) is 0.728. The normalized spacial score (nSPS) is 19.0. The van der Waals surface area contributed by atoms with Crippen LogP contribution in [-0.4, -0.2) is 36.6 Å². The van der Waals surface area contributed by atoms with Crippen molar-refractivity contribution in [3.8, 4) is 0 Å². The monoisotopic (exact) mass is 212 g/mol. The van der Waals surface area contributed by atoms with Crippen LogP contribution in [0.2, 0.25) is 0 Å². The first kappa shape index (κ1) is 13.0. The molecule has 90 valence electrons. The Morgan fingerprint density at radius 3 is 2.40 bits per heavy atom. The van der Waals surface area contributed by atoms with Gasteiger partial charge in [-0.2, -0.15) is 0 Å². The second-order valence-electron chi connectivity index (χ2n) is 5.52. The van der Waals surface area contributed by atoms with Crippen LogP contribution in [0.1, 0.15) is 52.9 Å². The van der Waals surface area contributed by atoms with Gasteiger partial charge in [-0.1, -0.05) is 19.8 Å². The lowest BCUT2D eigenvalue weighted by molar-refractivity contribution is 0.150. The molecule has 0 heterocycles. The molecule has 0 aromatic carbocycles. The highest BCUT2D eigenvalue weighted by atomic mass is 15.2. The molecule has 0 amide bonds. The number of hydrogen-bond acceptors (Lipinski definition) is 2. The number of nitrogens with one attached hydrogen (secondary N) is 1. The lowest BCUT2D eigenvalue weighted by atomic mass is 10.0. The standard InChI is InChI=1S/C13H28N2/c1-5-13(2,3)15(4)11-10-14-12-8-6-7-9-12/h12,14H,5-11H2,1-4H3. The van der Waals surface area contributed by atoms with Gasteiger partial charge in [0.1, 0.15) is 0 Å². The molecule has 15 heavy (non-hydrogen) atoms. The highest BCUT2D eigenvalue weighted by molar-refractivity contribution is 4.79. The number of likely N-dealkylation sites (N-methyl/N-ethyl adjacent to an activating group) is 1. The van der Waals surface area contributed by atoms with Crippen LogP contribution >= 0.6 is 0 Å². The molecule has 2 heteroatoms. The van der Waals surface area contributed by atoms with Gasteiger partial charge in [0.15, 0.2) is 0 Å². The summed E-state index contributed by atoms with van der Waals surface area (Å²) in [5.74, 6) is 0. The molecule has 1 aliphatic rings. The van der Waals surface area contributed by atoms with Crippen molar-refractivity contribution in [3.63, 3.8) is 0 Å². The van der Waals surface area contributed by atoms with Crippen LogP contribution in [0, 0.1) is 0 Å². The first-order chi connectivity index (χ1) is 7.06. The lowest BCUT2D eigenvalue weighted by Crippen LogP contribution is -2.44. The van der Waals surface area contributed by atoms with Crippen molar-refractivity contribution in [1.82, 2.24) is 10.2 Å². The first-order valence-corrected chi connectivity index (χ1v) is 6.51. The van der Waals surface area contributed by atoms with Gasteiger partial charge in [-0.05, 0) is 40.2 Å².